The molecule has 0 saturated carbocycles. The van der Waals surface area contributed by atoms with Crippen molar-refractivity contribution in [2.24, 2.45) is 5.73 Å². The lowest BCUT2D eigenvalue weighted by Crippen LogP contribution is -1.97. The lowest BCUT2D eigenvalue weighted by molar-refractivity contribution is 0.581. The van der Waals surface area contributed by atoms with Crippen LogP contribution in [-0.2, 0) is 0 Å². The number of rotatable bonds is 12. The van der Waals surface area contributed by atoms with Crippen LogP contribution in [0, 0.1) is 0 Å². The maximum atomic E-state index is 5.47. The molecule has 17 heavy (non-hydrogen) atoms. The van der Waals surface area contributed by atoms with Gasteiger partial charge >= 0.3 is 0 Å². The Kier molecular flexibility index (Phi) is 13.5. The summed E-state index contributed by atoms with van der Waals surface area (Å²) in [6.07, 6.45) is 17.2. The lowest BCUT2D eigenvalue weighted by atomic mass is 10.0. The molecule has 0 rings (SSSR count). The molecular formula is C16H33N. The Balaban J connectivity index is 3.18. The van der Waals surface area contributed by atoms with Crippen molar-refractivity contribution < 1.29 is 0 Å². The zero-order chi connectivity index (χ0) is 12.8. The smallest absolute Gasteiger partial charge is 0.00773 e. The first-order chi connectivity index (χ1) is 8.31. The SMILES string of the molecule is CCCCC=C(C)CCCCCCCCCN. The summed E-state index contributed by atoms with van der Waals surface area (Å²) in [5.74, 6) is 0. The topological polar surface area (TPSA) is 26.0 Å². The molecule has 2 N–H and O–H groups in total. The summed E-state index contributed by atoms with van der Waals surface area (Å²) < 4.78 is 0. The highest BCUT2D eigenvalue weighted by atomic mass is 14.5. The predicted octanol–water partition coefficient (Wildman–Crippen LogP) is 5.20. The molecular weight excluding hydrogens is 206 g/mol. The van der Waals surface area contributed by atoms with E-state index >= 15 is 0 Å². The van der Waals surface area contributed by atoms with Gasteiger partial charge in [-0.3, -0.25) is 0 Å². The number of unbranched alkanes of at least 4 members (excludes halogenated alkanes) is 8. The third-order valence-corrected chi connectivity index (χ3v) is 3.33. The van der Waals surface area contributed by atoms with Gasteiger partial charge in [-0.25, -0.2) is 0 Å². The fraction of sp³-hybridized carbons (Fsp3) is 0.875. The van der Waals surface area contributed by atoms with Crippen LogP contribution in [0.1, 0.15) is 84.5 Å². The average Bonchev–Trinajstić information content (AvgIpc) is 2.33. The standard InChI is InChI=1S/C16H33N/c1-3-4-10-13-16(2)14-11-8-6-5-7-9-12-15-17/h13H,3-12,14-15,17H2,1-2H3. The highest BCUT2D eigenvalue weighted by molar-refractivity contribution is 4.97. The van der Waals surface area contributed by atoms with E-state index in [-0.39, 0.29) is 0 Å². The Morgan fingerprint density at radius 1 is 0.882 bits per heavy atom. The molecule has 0 radical (unpaired) electrons. The van der Waals surface area contributed by atoms with Crippen molar-refractivity contribution >= 4 is 0 Å². The van der Waals surface area contributed by atoms with Crippen molar-refractivity contribution in [2.75, 3.05) is 6.54 Å². The molecule has 0 saturated heterocycles. The number of nitrogens with two attached hydrogens (primary N) is 1. The first-order valence-electron chi connectivity index (χ1n) is 7.67. The summed E-state index contributed by atoms with van der Waals surface area (Å²) in [5, 5.41) is 0. The van der Waals surface area contributed by atoms with Crippen LogP contribution in [-0.4, -0.2) is 6.54 Å². The van der Waals surface area contributed by atoms with Crippen LogP contribution in [0.25, 0.3) is 0 Å². The second-order valence-corrected chi connectivity index (χ2v) is 5.21. The highest BCUT2D eigenvalue weighted by Crippen LogP contribution is 2.13. The van der Waals surface area contributed by atoms with Gasteiger partial charge in [-0.15, -0.1) is 0 Å². The monoisotopic (exact) mass is 239 g/mol. The van der Waals surface area contributed by atoms with Crippen LogP contribution in [0.3, 0.4) is 0 Å². The van der Waals surface area contributed by atoms with Gasteiger partial charge in [0.05, 0.1) is 0 Å². The Morgan fingerprint density at radius 3 is 2.06 bits per heavy atom. The Bertz CT molecular complexity index is 172. The summed E-state index contributed by atoms with van der Waals surface area (Å²) in [6, 6.07) is 0. The second kappa shape index (κ2) is 13.8. The molecule has 102 valence electrons. The predicted molar refractivity (Wildman–Crippen MR) is 79.3 cm³/mol. The van der Waals surface area contributed by atoms with Crippen molar-refractivity contribution in [3.8, 4) is 0 Å². The van der Waals surface area contributed by atoms with Gasteiger partial charge in [0, 0.05) is 0 Å². The van der Waals surface area contributed by atoms with Crippen molar-refractivity contribution in [1.82, 2.24) is 0 Å². The maximum Gasteiger partial charge on any atom is -0.00773 e. The van der Waals surface area contributed by atoms with Gasteiger partial charge < -0.3 is 5.73 Å². The average molecular weight is 239 g/mol. The lowest BCUT2D eigenvalue weighted by Gasteiger charge is -2.03. The van der Waals surface area contributed by atoms with E-state index in [2.05, 4.69) is 19.9 Å². The molecule has 0 aromatic rings. The molecule has 0 aliphatic heterocycles. The minimum absolute atomic E-state index is 0.863. The van der Waals surface area contributed by atoms with Crippen LogP contribution in [0.2, 0.25) is 0 Å². The molecule has 0 aromatic carbocycles. The van der Waals surface area contributed by atoms with E-state index in [1.165, 1.54) is 70.6 Å². The fourth-order valence-corrected chi connectivity index (χ4v) is 2.09. The molecule has 0 atom stereocenters. The van der Waals surface area contributed by atoms with Crippen LogP contribution >= 0.6 is 0 Å². The van der Waals surface area contributed by atoms with E-state index in [1.807, 2.05) is 0 Å². The van der Waals surface area contributed by atoms with E-state index in [0.717, 1.165) is 6.54 Å². The molecule has 0 aliphatic rings. The van der Waals surface area contributed by atoms with E-state index in [1.54, 1.807) is 5.57 Å². The van der Waals surface area contributed by atoms with Crippen molar-refractivity contribution in [3.63, 3.8) is 0 Å². The number of hydrogen-bond acceptors (Lipinski definition) is 1. The summed E-state index contributed by atoms with van der Waals surface area (Å²) in [4.78, 5) is 0. The largest absolute Gasteiger partial charge is 0.330 e. The quantitative estimate of drug-likeness (QED) is 0.367. The molecule has 0 aliphatic carbocycles. The third-order valence-electron chi connectivity index (χ3n) is 3.33. The summed E-state index contributed by atoms with van der Waals surface area (Å²) >= 11 is 0. The highest BCUT2D eigenvalue weighted by Gasteiger charge is 1.93. The van der Waals surface area contributed by atoms with E-state index in [4.69, 9.17) is 5.73 Å². The van der Waals surface area contributed by atoms with Gasteiger partial charge in [0.1, 0.15) is 0 Å². The van der Waals surface area contributed by atoms with Crippen molar-refractivity contribution in [1.29, 1.82) is 0 Å². The normalized spacial score (nSPS) is 12.1. The third kappa shape index (κ3) is 13.6. The van der Waals surface area contributed by atoms with E-state index in [0.29, 0.717) is 0 Å². The molecule has 0 spiro atoms. The van der Waals surface area contributed by atoms with E-state index in [9.17, 15) is 0 Å². The number of allylic oxidation sites excluding steroid dienone is 2. The Morgan fingerprint density at radius 2 is 1.47 bits per heavy atom. The van der Waals surface area contributed by atoms with Crippen molar-refractivity contribution in [2.45, 2.75) is 84.5 Å². The fourth-order valence-electron chi connectivity index (χ4n) is 2.09. The Labute approximate surface area is 109 Å². The summed E-state index contributed by atoms with van der Waals surface area (Å²) in [5.41, 5.74) is 7.07. The van der Waals surface area contributed by atoms with E-state index < -0.39 is 0 Å². The first-order valence-corrected chi connectivity index (χ1v) is 7.67. The number of hydrogen-bond donors (Lipinski definition) is 1. The summed E-state index contributed by atoms with van der Waals surface area (Å²) in [6.45, 7) is 5.41. The maximum absolute atomic E-state index is 5.47. The van der Waals surface area contributed by atoms with Crippen LogP contribution in [0.15, 0.2) is 11.6 Å². The minimum atomic E-state index is 0.863. The van der Waals surface area contributed by atoms with Crippen molar-refractivity contribution in [3.05, 3.63) is 11.6 Å². The van der Waals surface area contributed by atoms with Gasteiger partial charge in [-0.1, -0.05) is 63.5 Å². The first kappa shape index (κ1) is 16.7. The molecule has 0 fully saturated rings. The van der Waals surface area contributed by atoms with Crippen LogP contribution in [0.4, 0.5) is 0 Å². The van der Waals surface area contributed by atoms with Gasteiger partial charge in [0.25, 0.3) is 0 Å². The molecule has 0 aromatic heterocycles. The van der Waals surface area contributed by atoms with Gasteiger partial charge in [0.15, 0.2) is 0 Å². The Hall–Kier alpha value is -0.300. The molecule has 0 amide bonds. The van der Waals surface area contributed by atoms with Gasteiger partial charge in [-0.05, 0) is 39.2 Å². The molecule has 0 bridgehead atoms. The molecule has 0 unspecified atom stereocenters. The molecule has 1 nitrogen and oxygen atoms in total. The minimum Gasteiger partial charge on any atom is -0.330 e. The van der Waals surface area contributed by atoms with Gasteiger partial charge in [-0.2, -0.15) is 0 Å². The van der Waals surface area contributed by atoms with Crippen LogP contribution in [0.5, 0.6) is 0 Å². The zero-order valence-electron chi connectivity index (χ0n) is 12.1. The molecule has 0 heterocycles. The molecule has 1 heteroatoms. The second-order valence-electron chi connectivity index (χ2n) is 5.21. The van der Waals surface area contributed by atoms with Crippen LogP contribution < -0.4 is 5.73 Å². The zero-order valence-corrected chi connectivity index (χ0v) is 12.1. The van der Waals surface area contributed by atoms with Gasteiger partial charge in [0.2, 0.25) is 0 Å². The summed E-state index contributed by atoms with van der Waals surface area (Å²) in [7, 11) is 0.